The number of hydrogen-bond donors (Lipinski definition) is 1. The number of carbonyl (C=O) groups excluding carboxylic acids is 1. The van der Waals surface area contributed by atoms with E-state index in [9.17, 15) is 4.79 Å². The number of ether oxygens (including phenoxy) is 1. The second-order valence-corrected chi connectivity index (χ2v) is 7.82. The smallest absolute Gasteiger partial charge is 0.220 e. The van der Waals surface area contributed by atoms with Crippen molar-refractivity contribution >= 4 is 16.8 Å². The number of amides is 1. The van der Waals surface area contributed by atoms with Gasteiger partial charge >= 0.3 is 0 Å². The van der Waals surface area contributed by atoms with Crippen LogP contribution in [0.3, 0.4) is 0 Å². The number of fused-ring (bicyclic) bond motifs is 1. The summed E-state index contributed by atoms with van der Waals surface area (Å²) in [4.78, 5) is 16.7. The van der Waals surface area contributed by atoms with E-state index in [-0.39, 0.29) is 5.91 Å². The van der Waals surface area contributed by atoms with Gasteiger partial charge in [-0.05, 0) is 80.5 Å². The molecule has 2 aromatic carbocycles. The van der Waals surface area contributed by atoms with Crippen LogP contribution in [0.1, 0.15) is 44.1 Å². The number of hydrogen-bond acceptors (Lipinski definition) is 3. The molecule has 1 aromatic heterocycles. The van der Waals surface area contributed by atoms with E-state index in [0.717, 1.165) is 40.9 Å². The topological polar surface area (TPSA) is 51.2 Å². The van der Waals surface area contributed by atoms with Crippen molar-refractivity contribution < 1.29 is 9.53 Å². The Morgan fingerprint density at radius 2 is 1.90 bits per heavy atom. The maximum absolute atomic E-state index is 12.2. The van der Waals surface area contributed by atoms with Gasteiger partial charge in [-0.25, -0.2) is 0 Å². The summed E-state index contributed by atoms with van der Waals surface area (Å²) in [5.41, 5.74) is 3.47. The molecule has 0 unspecified atom stereocenters. The van der Waals surface area contributed by atoms with E-state index < -0.39 is 0 Å². The summed E-state index contributed by atoms with van der Waals surface area (Å²) in [5, 5.41) is 4.07. The first-order valence-corrected chi connectivity index (χ1v) is 10.8. The highest BCUT2D eigenvalue weighted by molar-refractivity contribution is 5.81. The lowest BCUT2D eigenvalue weighted by atomic mass is 9.97. The average Bonchev–Trinajstić information content (AvgIpc) is 2.79. The highest BCUT2D eigenvalue weighted by Crippen LogP contribution is 2.25. The lowest BCUT2D eigenvalue weighted by molar-refractivity contribution is -0.121. The molecule has 1 heterocycles. The number of nitrogens with one attached hydrogen (secondary N) is 1. The van der Waals surface area contributed by atoms with Crippen molar-refractivity contribution in [2.45, 2.75) is 44.9 Å². The Labute approximate surface area is 178 Å². The number of para-hydroxylation sites is 1. The number of benzene rings is 2. The zero-order chi connectivity index (χ0) is 20.6. The van der Waals surface area contributed by atoms with Crippen molar-refractivity contribution in [1.29, 1.82) is 0 Å². The number of carbonyl (C=O) groups is 1. The number of aryl methyl sites for hydroxylation is 1. The molecule has 1 amide bonds. The van der Waals surface area contributed by atoms with Crippen LogP contribution < -0.4 is 10.1 Å². The fraction of sp³-hybridized carbons (Fsp3) is 0.308. The first kappa shape index (κ1) is 20.1. The van der Waals surface area contributed by atoms with Gasteiger partial charge in [0.05, 0.1) is 5.52 Å². The van der Waals surface area contributed by atoms with Crippen molar-refractivity contribution in [2.75, 3.05) is 6.54 Å². The quantitative estimate of drug-likeness (QED) is 0.474. The molecule has 154 valence electrons. The first-order valence-electron chi connectivity index (χ1n) is 10.8. The molecule has 0 aliphatic heterocycles. The standard InChI is InChI=1S/C26H28N2O2/c29-26(27-16-15-20-7-3-1-4-8-20)14-11-21-17-22-18-24(12-13-25(22)28-19-21)30-23-9-5-2-6-10-23/h2,5-7,9-10,12-13,17-19H,1,3-4,8,11,14-16H2,(H,27,29). The zero-order valence-electron chi connectivity index (χ0n) is 17.3. The maximum atomic E-state index is 12.2. The van der Waals surface area contributed by atoms with Crippen LogP contribution in [0.15, 0.2) is 72.4 Å². The Morgan fingerprint density at radius 3 is 2.73 bits per heavy atom. The molecule has 0 spiro atoms. The molecule has 4 heteroatoms. The van der Waals surface area contributed by atoms with Crippen LogP contribution in [-0.2, 0) is 11.2 Å². The van der Waals surface area contributed by atoms with E-state index in [1.54, 1.807) is 0 Å². The van der Waals surface area contributed by atoms with Gasteiger partial charge in [0.2, 0.25) is 5.91 Å². The minimum atomic E-state index is 0.104. The van der Waals surface area contributed by atoms with E-state index in [0.29, 0.717) is 12.8 Å². The highest BCUT2D eigenvalue weighted by atomic mass is 16.5. The second-order valence-electron chi connectivity index (χ2n) is 7.82. The van der Waals surface area contributed by atoms with E-state index in [2.05, 4.69) is 22.4 Å². The fourth-order valence-electron chi connectivity index (χ4n) is 3.82. The third-order valence-electron chi connectivity index (χ3n) is 5.48. The summed E-state index contributed by atoms with van der Waals surface area (Å²) in [7, 11) is 0. The van der Waals surface area contributed by atoms with Gasteiger partial charge in [-0.15, -0.1) is 0 Å². The third-order valence-corrected chi connectivity index (χ3v) is 5.48. The summed E-state index contributed by atoms with van der Waals surface area (Å²) in [6, 6.07) is 17.7. The van der Waals surface area contributed by atoms with Crippen LogP contribution in [0.4, 0.5) is 0 Å². The largest absolute Gasteiger partial charge is 0.457 e. The van der Waals surface area contributed by atoms with Crippen LogP contribution in [0.2, 0.25) is 0 Å². The molecule has 1 aliphatic carbocycles. The average molecular weight is 401 g/mol. The van der Waals surface area contributed by atoms with Gasteiger partial charge in [0.25, 0.3) is 0 Å². The molecule has 1 aliphatic rings. The van der Waals surface area contributed by atoms with Gasteiger partial charge in [-0.1, -0.05) is 29.8 Å². The van der Waals surface area contributed by atoms with Gasteiger partial charge < -0.3 is 10.1 Å². The van der Waals surface area contributed by atoms with Crippen molar-refractivity contribution in [3.63, 3.8) is 0 Å². The van der Waals surface area contributed by atoms with Gasteiger partial charge in [-0.2, -0.15) is 0 Å². The molecule has 4 rings (SSSR count). The maximum Gasteiger partial charge on any atom is 0.220 e. The van der Waals surface area contributed by atoms with E-state index in [1.807, 2.05) is 54.7 Å². The molecular formula is C26H28N2O2. The predicted molar refractivity (Wildman–Crippen MR) is 121 cm³/mol. The van der Waals surface area contributed by atoms with Crippen molar-refractivity contribution in [3.8, 4) is 11.5 Å². The van der Waals surface area contributed by atoms with Gasteiger partial charge in [0.15, 0.2) is 0 Å². The predicted octanol–water partition coefficient (Wildman–Crippen LogP) is 5.97. The highest BCUT2D eigenvalue weighted by Gasteiger charge is 2.07. The number of pyridine rings is 1. The Morgan fingerprint density at radius 1 is 1.00 bits per heavy atom. The molecule has 4 nitrogen and oxygen atoms in total. The summed E-state index contributed by atoms with van der Waals surface area (Å²) in [5.74, 6) is 1.69. The fourth-order valence-corrected chi connectivity index (χ4v) is 3.82. The minimum absolute atomic E-state index is 0.104. The Kier molecular flexibility index (Phi) is 6.75. The first-order chi connectivity index (χ1) is 14.8. The summed E-state index contributed by atoms with van der Waals surface area (Å²) >= 11 is 0. The third kappa shape index (κ3) is 5.69. The minimum Gasteiger partial charge on any atom is -0.457 e. The Hall–Kier alpha value is -3.14. The molecule has 0 radical (unpaired) electrons. The zero-order valence-corrected chi connectivity index (χ0v) is 17.3. The molecule has 0 atom stereocenters. The molecule has 30 heavy (non-hydrogen) atoms. The van der Waals surface area contributed by atoms with Crippen molar-refractivity contribution in [2.24, 2.45) is 0 Å². The number of rotatable bonds is 8. The lowest BCUT2D eigenvalue weighted by Crippen LogP contribution is -2.25. The molecular weight excluding hydrogens is 372 g/mol. The molecule has 0 saturated heterocycles. The SMILES string of the molecule is O=C(CCc1cnc2ccc(Oc3ccccc3)cc2c1)NCCC1=CCCCC1. The number of nitrogens with zero attached hydrogens (tertiary/aromatic N) is 1. The molecule has 0 bridgehead atoms. The van der Waals surface area contributed by atoms with Crippen LogP contribution in [-0.4, -0.2) is 17.4 Å². The summed E-state index contributed by atoms with van der Waals surface area (Å²) in [6.45, 7) is 0.737. The number of aromatic nitrogens is 1. The van der Waals surface area contributed by atoms with Crippen molar-refractivity contribution in [1.82, 2.24) is 10.3 Å². The van der Waals surface area contributed by atoms with Gasteiger partial charge in [0.1, 0.15) is 11.5 Å². The van der Waals surface area contributed by atoms with E-state index >= 15 is 0 Å². The molecule has 0 fully saturated rings. The number of allylic oxidation sites excluding steroid dienone is 1. The van der Waals surface area contributed by atoms with Crippen molar-refractivity contribution in [3.05, 3.63) is 78.0 Å². The van der Waals surface area contributed by atoms with Crippen LogP contribution in [0.25, 0.3) is 10.9 Å². The summed E-state index contributed by atoms with van der Waals surface area (Å²) < 4.78 is 5.92. The molecule has 1 N–H and O–H groups in total. The Balaban J connectivity index is 1.31. The van der Waals surface area contributed by atoms with Gasteiger partial charge in [-0.3, -0.25) is 9.78 Å². The van der Waals surface area contributed by atoms with E-state index in [4.69, 9.17) is 4.74 Å². The Bertz CT molecular complexity index is 1030. The van der Waals surface area contributed by atoms with Crippen LogP contribution >= 0.6 is 0 Å². The van der Waals surface area contributed by atoms with E-state index in [1.165, 1.54) is 31.3 Å². The normalized spacial score (nSPS) is 13.7. The molecule has 3 aromatic rings. The second kappa shape index (κ2) is 10.1. The van der Waals surface area contributed by atoms with Gasteiger partial charge in [0, 0.05) is 24.5 Å². The lowest BCUT2D eigenvalue weighted by Gasteiger charge is -2.13. The molecule has 0 saturated carbocycles. The van der Waals surface area contributed by atoms with Crippen LogP contribution in [0, 0.1) is 0 Å². The summed E-state index contributed by atoms with van der Waals surface area (Å²) in [6.07, 6.45) is 11.3. The monoisotopic (exact) mass is 400 g/mol. The van der Waals surface area contributed by atoms with Crippen LogP contribution in [0.5, 0.6) is 11.5 Å².